The van der Waals surface area contributed by atoms with Crippen LogP contribution in [0.25, 0.3) is 0 Å². The summed E-state index contributed by atoms with van der Waals surface area (Å²) in [4.78, 5) is 25.2. The zero-order valence-electron chi connectivity index (χ0n) is 14.1. The number of carboxylic acid groups (broad SMARTS) is 1. The summed E-state index contributed by atoms with van der Waals surface area (Å²) in [5.74, 6) is -1.56. The van der Waals surface area contributed by atoms with Crippen LogP contribution in [0.1, 0.15) is 18.4 Å². The van der Waals surface area contributed by atoms with Crippen LogP contribution >= 0.6 is 11.3 Å². The minimum atomic E-state index is -3.68. The van der Waals surface area contributed by atoms with E-state index >= 15 is 0 Å². The van der Waals surface area contributed by atoms with Crippen molar-refractivity contribution in [2.45, 2.75) is 18.9 Å². The zero-order chi connectivity index (χ0) is 18.6. The first kappa shape index (κ1) is 19.8. The largest absolute Gasteiger partial charge is 0.480 e. The van der Waals surface area contributed by atoms with Gasteiger partial charge in [-0.2, -0.15) is 15.6 Å². The molecule has 140 valence electrons. The van der Waals surface area contributed by atoms with Crippen molar-refractivity contribution in [1.29, 1.82) is 0 Å². The summed E-state index contributed by atoms with van der Waals surface area (Å²) < 4.78 is 29.9. The summed E-state index contributed by atoms with van der Waals surface area (Å²) in [6.07, 6.45) is 0.404. The molecule has 1 aromatic heterocycles. The number of rotatable bonds is 7. The van der Waals surface area contributed by atoms with Gasteiger partial charge in [0, 0.05) is 19.6 Å². The second kappa shape index (κ2) is 8.26. The molecule has 1 amide bonds. The number of hydrogen-bond acceptors (Lipinski definition) is 6. The van der Waals surface area contributed by atoms with Gasteiger partial charge in [-0.05, 0) is 29.3 Å². The number of carbonyl (C=O) groups is 2. The first-order chi connectivity index (χ1) is 11.7. The van der Waals surface area contributed by atoms with Gasteiger partial charge in [0.25, 0.3) is 0 Å². The van der Waals surface area contributed by atoms with Crippen molar-refractivity contribution in [1.82, 2.24) is 9.21 Å². The van der Waals surface area contributed by atoms with Crippen molar-refractivity contribution < 1.29 is 27.9 Å². The quantitative estimate of drug-likeness (QED) is 0.724. The highest BCUT2D eigenvalue weighted by atomic mass is 32.2. The van der Waals surface area contributed by atoms with Gasteiger partial charge in [-0.15, -0.1) is 0 Å². The Balaban J connectivity index is 2.02. The van der Waals surface area contributed by atoms with Crippen LogP contribution in [0.2, 0.25) is 0 Å². The third kappa shape index (κ3) is 5.50. The molecule has 0 radical (unpaired) electrons. The average molecular weight is 390 g/mol. The van der Waals surface area contributed by atoms with Crippen LogP contribution in [0, 0.1) is 0 Å². The Morgan fingerprint density at radius 1 is 1.52 bits per heavy atom. The first-order valence-corrected chi connectivity index (χ1v) is 10.6. The molecule has 0 aromatic carbocycles. The van der Waals surface area contributed by atoms with Gasteiger partial charge >= 0.3 is 5.97 Å². The molecule has 0 spiro atoms. The molecule has 25 heavy (non-hydrogen) atoms. The maximum absolute atomic E-state index is 12.7. The molecule has 1 aliphatic heterocycles. The lowest BCUT2D eigenvalue weighted by molar-refractivity contribution is -0.142. The predicted molar refractivity (Wildman–Crippen MR) is 93.1 cm³/mol. The van der Waals surface area contributed by atoms with Crippen LogP contribution in [0.3, 0.4) is 0 Å². The van der Waals surface area contributed by atoms with Gasteiger partial charge in [-0.3, -0.25) is 9.59 Å². The number of morpholine rings is 1. The van der Waals surface area contributed by atoms with Crippen molar-refractivity contribution >= 4 is 33.2 Å². The number of thiophene rings is 1. The lowest BCUT2D eigenvalue weighted by Crippen LogP contribution is -2.51. The molecule has 2 unspecified atom stereocenters. The van der Waals surface area contributed by atoms with Crippen LogP contribution < -0.4 is 0 Å². The number of ether oxygens (including phenoxy) is 1. The second-order valence-electron chi connectivity index (χ2n) is 6.00. The number of amides is 1. The van der Waals surface area contributed by atoms with Crippen molar-refractivity contribution in [3.63, 3.8) is 0 Å². The maximum atomic E-state index is 12.7. The summed E-state index contributed by atoms with van der Waals surface area (Å²) in [6.45, 7) is 2.07. The summed E-state index contributed by atoms with van der Waals surface area (Å²) in [5, 5.41) is 12.7. The van der Waals surface area contributed by atoms with Gasteiger partial charge in [0.2, 0.25) is 15.9 Å². The molecular formula is C15H22N2O6S2. The maximum Gasteiger partial charge on any atom is 0.318 e. The summed E-state index contributed by atoms with van der Waals surface area (Å²) in [6, 6.07) is 1.91. The van der Waals surface area contributed by atoms with E-state index in [1.165, 1.54) is 11.3 Å². The number of carbonyl (C=O) groups excluding carboxylic acids is 1. The minimum absolute atomic E-state index is 0.0455. The molecule has 1 saturated heterocycles. The van der Waals surface area contributed by atoms with Crippen molar-refractivity contribution in [3.8, 4) is 0 Å². The first-order valence-electron chi connectivity index (χ1n) is 7.78. The third-order valence-electron chi connectivity index (χ3n) is 4.05. The molecule has 1 aliphatic rings. The van der Waals surface area contributed by atoms with Crippen LogP contribution in [-0.2, 0) is 24.3 Å². The molecule has 2 heterocycles. The topological polar surface area (TPSA) is 104 Å². The highest BCUT2D eigenvalue weighted by Gasteiger charge is 2.31. The molecule has 2 atom stereocenters. The fourth-order valence-corrected chi connectivity index (χ4v) is 4.20. The van der Waals surface area contributed by atoms with Crippen molar-refractivity contribution in [2.24, 2.45) is 0 Å². The zero-order valence-corrected chi connectivity index (χ0v) is 15.8. The van der Waals surface area contributed by atoms with Gasteiger partial charge in [0.05, 0.1) is 24.9 Å². The highest BCUT2D eigenvalue weighted by molar-refractivity contribution is 7.88. The molecule has 8 nitrogen and oxygen atoms in total. The van der Waals surface area contributed by atoms with Crippen molar-refractivity contribution in [2.75, 3.05) is 39.0 Å². The van der Waals surface area contributed by atoms with E-state index in [4.69, 9.17) is 9.84 Å². The average Bonchev–Trinajstić information content (AvgIpc) is 3.06. The Bertz CT molecular complexity index is 704. The monoisotopic (exact) mass is 390 g/mol. The van der Waals surface area contributed by atoms with E-state index in [0.29, 0.717) is 6.54 Å². The Labute approximate surface area is 151 Å². The van der Waals surface area contributed by atoms with Crippen LogP contribution in [0.5, 0.6) is 0 Å². The number of aliphatic carboxylic acids is 1. The molecule has 1 N–H and O–H groups in total. The number of hydrogen-bond donors (Lipinski definition) is 1. The second-order valence-corrected chi connectivity index (χ2v) is 8.77. The molecule has 1 aromatic rings. The van der Waals surface area contributed by atoms with Gasteiger partial charge < -0.3 is 14.7 Å². The number of sulfonamides is 1. The SMILES string of the molecule is CC(C(=O)N1CCOC(CN(CC(=O)O)S(C)(=O)=O)C1)c1ccsc1. The number of nitrogens with zero attached hydrogens (tertiary/aromatic N) is 2. The van der Waals surface area contributed by atoms with Gasteiger partial charge in [0.15, 0.2) is 0 Å². The Kier molecular flexibility index (Phi) is 6.55. The number of carboxylic acids is 1. The van der Waals surface area contributed by atoms with E-state index < -0.39 is 28.6 Å². The third-order valence-corrected chi connectivity index (χ3v) is 5.97. The van der Waals surface area contributed by atoms with E-state index in [9.17, 15) is 18.0 Å². The van der Waals surface area contributed by atoms with Crippen LogP contribution in [0.4, 0.5) is 0 Å². The predicted octanol–water partition coefficient (Wildman–Crippen LogP) is 0.425. The van der Waals surface area contributed by atoms with E-state index in [1.807, 2.05) is 23.8 Å². The van der Waals surface area contributed by atoms with Gasteiger partial charge in [-0.25, -0.2) is 8.42 Å². The fraction of sp³-hybridized carbons (Fsp3) is 0.600. The Morgan fingerprint density at radius 2 is 2.24 bits per heavy atom. The Morgan fingerprint density at radius 3 is 2.80 bits per heavy atom. The summed E-state index contributed by atoms with van der Waals surface area (Å²) in [5.41, 5.74) is 0.946. The van der Waals surface area contributed by atoms with E-state index in [-0.39, 0.29) is 31.5 Å². The molecular weight excluding hydrogens is 368 g/mol. The van der Waals surface area contributed by atoms with Crippen LogP contribution in [0.15, 0.2) is 16.8 Å². The van der Waals surface area contributed by atoms with E-state index in [0.717, 1.165) is 16.1 Å². The van der Waals surface area contributed by atoms with E-state index in [1.54, 1.807) is 4.90 Å². The van der Waals surface area contributed by atoms with Gasteiger partial charge in [-0.1, -0.05) is 0 Å². The van der Waals surface area contributed by atoms with Gasteiger partial charge in [0.1, 0.15) is 6.54 Å². The lowest BCUT2D eigenvalue weighted by Gasteiger charge is -2.36. The van der Waals surface area contributed by atoms with Crippen molar-refractivity contribution in [3.05, 3.63) is 22.4 Å². The summed E-state index contributed by atoms with van der Waals surface area (Å²) >= 11 is 1.52. The standard InChI is InChI=1S/C15H22N2O6S2/c1-11(12-3-6-24-10-12)15(20)16-4-5-23-13(7-16)8-17(9-14(18)19)25(2,21)22/h3,6,10-11,13H,4-5,7-9H2,1-2H3,(H,18,19). The van der Waals surface area contributed by atoms with Crippen LogP contribution in [-0.4, -0.2) is 79.8 Å². The fourth-order valence-electron chi connectivity index (χ4n) is 2.66. The smallest absolute Gasteiger partial charge is 0.318 e. The summed E-state index contributed by atoms with van der Waals surface area (Å²) in [7, 11) is -3.68. The lowest BCUT2D eigenvalue weighted by atomic mass is 10.0. The molecule has 0 bridgehead atoms. The molecule has 1 fully saturated rings. The highest BCUT2D eigenvalue weighted by Crippen LogP contribution is 2.22. The Hall–Kier alpha value is -1.49. The van der Waals surface area contributed by atoms with E-state index in [2.05, 4.69) is 0 Å². The minimum Gasteiger partial charge on any atom is -0.480 e. The molecule has 2 rings (SSSR count). The normalized spacial score (nSPS) is 19.8. The molecule has 10 heteroatoms. The molecule has 0 aliphatic carbocycles. The molecule has 0 saturated carbocycles.